The summed E-state index contributed by atoms with van der Waals surface area (Å²) in [7, 11) is 0. The SMILES string of the molecule is NCC(F)(F)c1ncc[nH]1. The van der Waals surface area contributed by atoms with E-state index in [-0.39, 0.29) is 5.82 Å². The first kappa shape index (κ1) is 7.14. The fraction of sp³-hybridized carbons (Fsp3) is 0.400. The number of aromatic nitrogens is 2. The molecule has 3 nitrogen and oxygen atoms in total. The maximum absolute atomic E-state index is 12.5. The van der Waals surface area contributed by atoms with Crippen LogP contribution in [0.25, 0.3) is 0 Å². The quantitative estimate of drug-likeness (QED) is 0.638. The molecule has 0 aliphatic carbocycles. The van der Waals surface area contributed by atoms with Crippen molar-refractivity contribution in [3.63, 3.8) is 0 Å². The lowest BCUT2D eigenvalue weighted by Crippen LogP contribution is -2.26. The van der Waals surface area contributed by atoms with Gasteiger partial charge in [0, 0.05) is 12.4 Å². The number of nitrogens with zero attached hydrogens (tertiary/aromatic N) is 1. The fourth-order valence-electron chi connectivity index (χ4n) is 0.562. The van der Waals surface area contributed by atoms with Gasteiger partial charge < -0.3 is 10.7 Å². The molecule has 1 aromatic rings. The van der Waals surface area contributed by atoms with E-state index in [4.69, 9.17) is 5.73 Å². The Hall–Kier alpha value is -0.970. The van der Waals surface area contributed by atoms with E-state index in [1.54, 1.807) is 0 Å². The molecule has 0 aliphatic rings. The van der Waals surface area contributed by atoms with Crippen molar-refractivity contribution in [2.45, 2.75) is 5.92 Å². The smallest absolute Gasteiger partial charge is 0.316 e. The molecule has 10 heavy (non-hydrogen) atoms. The monoisotopic (exact) mass is 147 g/mol. The largest absolute Gasteiger partial charge is 0.344 e. The van der Waals surface area contributed by atoms with Crippen LogP contribution in [0.3, 0.4) is 0 Å². The van der Waals surface area contributed by atoms with E-state index in [2.05, 4.69) is 9.97 Å². The average Bonchev–Trinajstić information content (AvgIpc) is 2.38. The van der Waals surface area contributed by atoms with Gasteiger partial charge in [-0.25, -0.2) is 4.98 Å². The van der Waals surface area contributed by atoms with E-state index < -0.39 is 12.5 Å². The Bertz CT molecular complexity index is 195. The molecule has 0 saturated carbocycles. The van der Waals surface area contributed by atoms with Crippen LogP contribution in [0.4, 0.5) is 8.78 Å². The highest BCUT2D eigenvalue weighted by molar-refractivity contribution is 4.97. The number of H-pyrrole nitrogens is 1. The Morgan fingerprint density at radius 1 is 1.70 bits per heavy atom. The zero-order chi connectivity index (χ0) is 7.61. The zero-order valence-corrected chi connectivity index (χ0v) is 5.14. The molecule has 0 saturated heterocycles. The van der Waals surface area contributed by atoms with Crippen molar-refractivity contribution in [3.05, 3.63) is 18.2 Å². The van der Waals surface area contributed by atoms with E-state index >= 15 is 0 Å². The van der Waals surface area contributed by atoms with Crippen LogP contribution >= 0.6 is 0 Å². The minimum atomic E-state index is -3.02. The minimum Gasteiger partial charge on any atom is -0.344 e. The van der Waals surface area contributed by atoms with Crippen LogP contribution in [0, 0.1) is 0 Å². The summed E-state index contributed by atoms with van der Waals surface area (Å²) in [6.07, 6.45) is 2.60. The summed E-state index contributed by atoms with van der Waals surface area (Å²) in [6, 6.07) is 0. The van der Waals surface area contributed by atoms with Crippen LogP contribution in [0.5, 0.6) is 0 Å². The van der Waals surface area contributed by atoms with Gasteiger partial charge in [0.2, 0.25) is 0 Å². The summed E-state index contributed by atoms with van der Waals surface area (Å²) in [6.45, 7) is -0.722. The third kappa shape index (κ3) is 1.13. The lowest BCUT2D eigenvalue weighted by atomic mass is 10.3. The summed E-state index contributed by atoms with van der Waals surface area (Å²) in [5, 5.41) is 0. The van der Waals surface area contributed by atoms with Gasteiger partial charge in [-0.05, 0) is 0 Å². The molecule has 0 bridgehead atoms. The summed E-state index contributed by atoms with van der Waals surface area (Å²) in [5.41, 5.74) is 4.79. The van der Waals surface area contributed by atoms with Gasteiger partial charge in [-0.15, -0.1) is 0 Å². The van der Waals surface area contributed by atoms with Crippen molar-refractivity contribution in [1.29, 1.82) is 0 Å². The van der Waals surface area contributed by atoms with Gasteiger partial charge >= 0.3 is 5.92 Å². The molecular formula is C5H7F2N3. The second-order valence-electron chi connectivity index (χ2n) is 1.85. The summed E-state index contributed by atoms with van der Waals surface area (Å²) in [5.74, 6) is -3.40. The molecule has 0 amide bonds. The summed E-state index contributed by atoms with van der Waals surface area (Å²) < 4.78 is 25.0. The molecule has 56 valence electrons. The highest BCUT2D eigenvalue weighted by Crippen LogP contribution is 2.21. The van der Waals surface area contributed by atoms with Crippen molar-refractivity contribution in [1.82, 2.24) is 9.97 Å². The van der Waals surface area contributed by atoms with Crippen LogP contribution in [0.15, 0.2) is 12.4 Å². The molecule has 0 atom stereocenters. The molecule has 3 N–H and O–H groups in total. The molecule has 0 aliphatic heterocycles. The van der Waals surface area contributed by atoms with E-state index in [1.165, 1.54) is 12.4 Å². The van der Waals surface area contributed by atoms with Gasteiger partial charge in [0.25, 0.3) is 0 Å². The third-order valence-corrected chi connectivity index (χ3v) is 1.10. The molecule has 1 rings (SSSR count). The van der Waals surface area contributed by atoms with E-state index in [1.807, 2.05) is 0 Å². The molecule has 1 aromatic heterocycles. The van der Waals surface area contributed by atoms with Gasteiger partial charge in [-0.1, -0.05) is 0 Å². The van der Waals surface area contributed by atoms with E-state index in [0.29, 0.717) is 0 Å². The van der Waals surface area contributed by atoms with Gasteiger partial charge in [0.1, 0.15) is 0 Å². The normalized spacial score (nSPS) is 11.9. The predicted molar refractivity (Wildman–Crippen MR) is 31.5 cm³/mol. The van der Waals surface area contributed by atoms with Gasteiger partial charge in [-0.3, -0.25) is 0 Å². The molecule has 0 radical (unpaired) electrons. The van der Waals surface area contributed by atoms with Crippen molar-refractivity contribution in [2.24, 2.45) is 5.73 Å². The standard InChI is InChI=1S/C5H7F2N3/c6-5(7,3-8)4-9-1-2-10-4/h1-2H,3,8H2,(H,9,10). The van der Waals surface area contributed by atoms with Gasteiger partial charge in [-0.2, -0.15) is 8.78 Å². The number of rotatable bonds is 2. The molecule has 0 aromatic carbocycles. The number of halogens is 2. The molecular weight excluding hydrogens is 140 g/mol. The number of nitrogens with one attached hydrogen (secondary N) is 1. The highest BCUT2D eigenvalue weighted by Gasteiger charge is 2.31. The first-order valence-corrected chi connectivity index (χ1v) is 2.74. The number of nitrogens with two attached hydrogens (primary N) is 1. The van der Waals surface area contributed by atoms with Crippen LogP contribution in [0.1, 0.15) is 5.82 Å². The van der Waals surface area contributed by atoms with Crippen LogP contribution in [-0.4, -0.2) is 16.5 Å². The Labute approximate surface area is 56.3 Å². The van der Waals surface area contributed by atoms with Crippen molar-refractivity contribution in [2.75, 3.05) is 6.54 Å². The lowest BCUT2D eigenvalue weighted by Gasteiger charge is -2.08. The maximum atomic E-state index is 12.5. The maximum Gasteiger partial charge on any atom is 0.316 e. The fourth-order valence-corrected chi connectivity index (χ4v) is 0.562. The zero-order valence-electron chi connectivity index (χ0n) is 5.14. The lowest BCUT2D eigenvalue weighted by molar-refractivity contribution is -0.00267. The molecule has 0 unspecified atom stereocenters. The molecule has 0 fully saturated rings. The van der Waals surface area contributed by atoms with Crippen molar-refractivity contribution in [3.8, 4) is 0 Å². The van der Waals surface area contributed by atoms with Gasteiger partial charge in [0.05, 0.1) is 6.54 Å². The second kappa shape index (κ2) is 2.34. The Kier molecular flexibility index (Phi) is 1.67. The number of hydrogen-bond donors (Lipinski definition) is 2. The van der Waals surface area contributed by atoms with E-state index in [0.717, 1.165) is 0 Å². The van der Waals surface area contributed by atoms with Gasteiger partial charge in [0.15, 0.2) is 5.82 Å². The van der Waals surface area contributed by atoms with Crippen molar-refractivity contribution < 1.29 is 8.78 Å². The van der Waals surface area contributed by atoms with E-state index in [9.17, 15) is 8.78 Å². The highest BCUT2D eigenvalue weighted by atomic mass is 19.3. The minimum absolute atomic E-state index is 0.380. The topological polar surface area (TPSA) is 54.7 Å². The number of imidazole rings is 1. The van der Waals surface area contributed by atoms with Crippen LogP contribution < -0.4 is 5.73 Å². The third-order valence-electron chi connectivity index (χ3n) is 1.10. The second-order valence-corrected chi connectivity index (χ2v) is 1.85. The van der Waals surface area contributed by atoms with Crippen molar-refractivity contribution >= 4 is 0 Å². The predicted octanol–water partition coefficient (Wildman–Crippen LogP) is 0.460. The Balaban J connectivity index is 2.85. The van der Waals surface area contributed by atoms with Crippen LogP contribution in [-0.2, 0) is 5.92 Å². The molecule has 1 heterocycles. The average molecular weight is 147 g/mol. The first-order chi connectivity index (χ1) is 4.67. The number of aromatic amines is 1. The summed E-state index contributed by atoms with van der Waals surface area (Å²) >= 11 is 0. The molecule has 0 spiro atoms. The summed E-state index contributed by atoms with van der Waals surface area (Å²) in [4.78, 5) is 5.66. The molecule has 5 heteroatoms. The number of alkyl halides is 2. The Morgan fingerprint density at radius 2 is 2.40 bits per heavy atom. The first-order valence-electron chi connectivity index (χ1n) is 2.74. The Morgan fingerprint density at radius 3 is 2.80 bits per heavy atom. The van der Waals surface area contributed by atoms with Crippen LogP contribution in [0.2, 0.25) is 0 Å². The number of hydrogen-bond acceptors (Lipinski definition) is 2.